The molecule has 2 aliphatic heterocycles. The molecule has 4 rings (SSSR count). The molecule has 0 amide bonds. The Hall–Kier alpha value is -2.63. The van der Waals surface area contributed by atoms with E-state index >= 15 is 0 Å². The van der Waals surface area contributed by atoms with E-state index in [0.29, 0.717) is 24.5 Å². The van der Waals surface area contributed by atoms with E-state index in [1.165, 1.54) is 0 Å². The molecule has 2 atom stereocenters. The summed E-state index contributed by atoms with van der Waals surface area (Å²) in [5.41, 5.74) is 3.36. The SMILES string of the molecule is Cc1c(OCCCN2CC[C@@H](O)C2)cccc1-c1cccc(OCCCN2CC[C@@H](O)C2)c1C#N. The second-order valence-corrected chi connectivity index (χ2v) is 9.61. The molecule has 35 heavy (non-hydrogen) atoms. The summed E-state index contributed by atoms with van der Waals surface area (Å²) in [6, 6.07) is 14.1. The molecule has 0 radical (unpaired) electrons. The summed E-state index contributed by atoms with van der Waals surface area (Å²) >= 11 is 0. The summed E-state index contributed by atoms with van der Waals surface area (Å²) in [5.74, 6) is 1.43. The number of nitriles is 1. The number of ether oxygens (including phenoxy) is 2. The molecule has 7 heteroatoms. The van der Waals surface area contributed by atoms with Gasteiger partial charge in [0.1, 0.15) is 23.1 Å². The van der Waals surface area contributed by atoms with Crippen LogP contribution in [0.15, 0.2) is 36.4 Å². The molecule has 2 aromatic rings. The maximum atomic E-state index is 9.96. The van der Waals surface area contributed by atoms with E-state index < -0.39 is 0 Å². The fourth-order valence-electron chi connectivity index (χ4n) is 5.02. The van der Waals surface area contributed by atoms with Gasteiger partial charge in [0.25, 0.3) is 0 Å². The molecule has 0 bridgehead atoms. The Labute approximate surface area is 208 Å². The third-order valence-corrected chi connectivity index (χ3v) is 6.96. The molecule has 0 spiro atoms. The maximum absolute atomic E-state index is 9.96. The minimum Gasteiger partial charge on any atom is -0.493 e. The number of nitrogens with zero attached hydrogens (tertiary/aromatic N) is 3. The molecule has 2 fully saturated rings. The highest BCUT2D eigenvalue weighted by atomic mass is 16.5. The predicted octanol–water partition coefficient (Wildman–Crippen LogP) is 3.20. The summed E-state index contributed by atoms with van der Waals surface area (Å²) in [7, 11) is 0. The largest absolute Gasteiger partial charge is 0.493 e. The molecule has 0 aromatic heterocycles. The van der Waals surface area contributed by atoms with Gasteiger partial charge in [0, 0.05) is 44.8 Å². The van der Waals surface area contributed by atoms with E-state index in [0.717, 1.165) is 87.4 Å². The second kappa shape index (κ2) is 12.4. The number of rotatable bonds is 11. The lowest BCUT2D eigenvalue weighted by atomic mass is 9.95. The molecular weight excluding hydrogens is 442 g/mol. The van der Waals surface area contributed by atoms with E-state index in [-0.39, 0.29) is 12.2 Å². The van der Waals surface area contributed by atoms with Gasteiger partial charge in [-0.05, 0) is 55.9 Å². The number of aliphatic hydroxyl groups excluding tert-OH is 2. The van der Waals surface area contributed by atoms with Gasteiger partial charge in [0.2, 0.25) is 0 Å². The van der Waals surface area contributed by atoms with Gasteiger partial charge in [-0.15, -0.1) is 0 Å². The highest BCUT2D eigenvalue weighted by Gasteiger charge is 2.20. The minimum atomic E-state index is -0.208. The Morgan fingerprint density at radius 2 is 1.40 bits per heavy atom. The first-order valence-corrected chi connectivity index (χ1v) is 12.7. The Balaban J connectivity index is 1.36. The van der Waals surface area contributed by atoms with Crippen molar-refractivity contribution in [3.05, 3.63) is 47.5 Å². The van der Waals surface area contributed by atoms with Crippen molar-refractivity contribution in [1.82, 2.24) is 9.80 Å². The van der Waals surface area contributed by atoms with Crippen molar-refractivity contribution in [2.24, 2.45) is 0 Å². The van der Waals surface area contributed by atoms with Gasteiger partial charge in [-0.3, -0.25) is 0 Å². The summed E-state index contributed by atoms with van der Waals surface area (Å²) in [5, 5.41) is 29.3. The Bertz CT molecular complexity index is 1020. The third-order valence-electron chi connectivity index (χ3n) is 6.96. The van der Waals surface area contributed by atoms with E-state index in [9.17, 15) is 15.5 Å². The number of hydrogen-bond donors (Lipinski definition) is 2. The normalized spacial score (nSPS) is 20.7. The van der Waals surface area contributed by atoms with Crippen LogP contribution in [0.4, 0.5) is 0 Å². The van der Waals surface area contributed by atoms with Crippen LogP contribution < -0.4 is 9.47 Å². The van der Waals surface area contributed by atoms with Crippen LogP contribution in [0.25, 0.3) is 11.1 Å². The van der Waals surface area contributed by atoms with Crippen LogP contribution in [-0.4, -0.2) is 84.7 Å². The smallest absolute Gasteiger partial charge is 0.137 e. The monoisotopic (exact) mass is 479 g/mol. The Morgan fingerprint density at radius 3 is 1.94 bits per heavy atom. The molecule has 2 aliphatic rings. The van der Waals surface area contributed by atoms with E-state index in [1.54, 1.807) is 0 Å². The van der Waals surface area contributed by atoms with Crippen molar-refractivity contribution >= 4 is 0 Å². The zero-order chi connectivity index (χ0) is 24.6. The van der Waals surface area contributed by atoms with Gasteiger partial charge in [-0.25, -0.2) is 0 Å². The fraction of sp³-hybridized carbons (Fsp3) is 0.536. The highest BCUT2D eigenvalue weighted by molar-refractivity contribution is 5.77. The lowest BCUT2D eigenvalue weighted by Crippen LogP contribution is -2.24. The topological polar surface area (TPSA) is 89.2 Å². The molecule has 2 aromatic carbocycles. The van der Waals surface area contributed by atoms with Crippen LogP contribution in [0.5, 0.6) is 11.5 Å². The highest BCUT2D eigenvalue weighted by Crippen LogP contribution is 2.35. The van der Waals surface area contributed by atoms with Crippen LogP contribution in [0.2, 0.25) is 0 Å². The molecule has 0 saturated carbocycles. The lowest BCUT2D eigenvalue weighted by Gasteiger charge is -2.18. The molecular formula is C28H37N3O4. The first-order valence-electron chi connectivity index (χ1n) is 12.7. The van der Waals surface area contributed by atoms with E-state index in [2.05, 4.69) is 15.9 Å². The molecule has 0 aliphatic carbocycles. The van der Waals surface area contributed by atoms with Crippen molar-refractivity contribution < 1.29 is 19.7 Å². The molecule has 188 valence electrons. The van der Waals surface area contributed by atoms with Gasteiger partial charge in [-0.1, -0.05) is 24.3 Å². The van der Waals surface area contributed by atoms with Gasteiger partial charge < -0.3 is 29.5 Å². The van der Waals surface area contributed by atoms with Crippen molar-refractivity contribution in [2.75, 3.05) is 52.5 Å². The summed E-state index contributed by atoms with van der Waals surface area (Å²) in [6.07, 6.45) is 3.05. The quantitative estimate of drug-likeness (QED) is 0.479. The maximum Gasteiger partial charge on any atom is 0.137 e. The van der Waals surface area contributed by atoms with Gasteiger partial charge in [0.15, 0.2) is 0 Å². The summed E-state index contributed by atoms with van der Waals surface area (Å²) in [6.45, 7) is 8.34. The van der Waals surface area contributed by atoms with Crippen molar-refractivity contribution in [3.8, 4) is 28.7 Å². The van der Waals surface area contributed by atoms with Crippen LogP contribution in [0.3, 0.4) is 0 Å². The zero-order valence-corrected chi connectivity index (χ0v) is 20.7. The van der Waals surface area contributed by atoms with Gasteiger partial charge in [-0.2, -0.15) is 5.26 Å². The zero-order valence-electron chi connectivity index (χ0n) is 20.7. The van der Waals surface area contributed by atoms with Crippen LogP contribution in [0.1, 0.15) is 36.8 Å². The van der Waals surface area contributed by atoms with E-state index in [4.69, 9.17) is 9.47 Å². The lowest BCUT2D eigenvalue weighted by molar-refractivity contribution is 0.172. The molecule has 2 heterocycles. The molecule has 0 unspecified atom stereocenters. The molecule has 7 nitrogen and oxygen atoms in total. The van der Waals surface area contributed by atoms with Gasteiger partial charge >= 0.3 is 0 Å². The molecule has 2 N–H and O–H groups in total. The Morgan fingerprint density at radius 1 is 0.857 bits per heavy atom. The van der Waals surface area contributed by atoms with Crippen LogP contribution in [0, 0.1) is 18.3 Å². The first kappa shape index (κ1) is 25.5. The first-order chi connectivity index (χ1) is 17.0. The summed E-state index contributed by atoms with van der Waals surface area (Å²) < 4.78 is 12.1. The van der Waals surface area contributed by atoms with Gasteiger partial charge in [0.05, 0.1) is 25.4 Å². The van der Waals surface area contributed by atoms with Crippen molar-refractivity contribution in [1.29, 1.82) is 5.26 Å². The average molecular weight is 480 g/mol. The van der Waals surface area contributed by atoms with Crippen molar-refractivity contribution in [2.45, 2.75) is 44.8 Å². The van der Waals surface area contributed by atoms with Crippen molar-refractivity contribution in [3.63, 3.8) is 0 Å². The van der Waals surface area contributed by atoms with E-state index in [1.807, 2.05) is 43.3 Å². The standard InChI is InChI=1S/C28H37N3O4/c1-21-24(6-2-8-27(21)34-16-4-12-30-14-10-22(32)19-30)25-7-3-9-28(26(25)18-29)35-17-5-13-31-15-11-23(33)20-31/h2-3,6-9,22-23,32-33H,4-5,10-17,19-20H2,1H3/t22-,23-/m1/s1. The van der Waals surface area contributed by atoms with Crippen LogP contribution in [-0.2, 0) is 0 Å². The Kier molecular flexibility index (Phi) is 9.00. The fourth-order valence-corrected chi connectivity index (χ4v) is 5.02. The van der Waals surface area contributed by atoms with Crippen LogP contribution >= 0.6 is 0 Å². The number of benzene rings is 2. The number of aliphatic hydroxyl groups is 2. The predicted molar refractivity (Wildman–Crippen MR) is 136 cm³/mol. The number of likely N-dealkylation sites (tertiary alicyclic amines) is 2. The number of hydrogen-bond acceptors (Lipinski definition) is 7. The number of β-amino-alcohol motifs (C(OH)–C–C–N with tert-alkyl or cyclic N) is 2. The second-order valence-electron chi connectivity index (χ2n) is 9.61. The average Bonchev–Trinajstić information content (AvgIpc) is 3.47. The summed E-state index contributed by atoms with van der Waals surface area (Å²) in [4.78, 5) is 4.52. The molecule has 2 saturated heterocycles. The minimum absolute atomic E-state index is 0.192. The third kappa shape index (κ3) is 6.74.